The molecule has 0 saturated heterocycles. The van der Waals surface area contributed by atoms with Gasteiger partial charge in [0.1, 0.15) is 11.9 Å². The van der Waals surface area contributed by atoms with Crippen LogP contribution in [0.25, 0.3) is 0 Å². The molecule has 0 aliphatic rings. The SMILES string of the molecule is COC(C)C(=O)NC(C)c1cccc(OC(C)C)c1. The van der Waals surface area contributed by atoms with Crippen molar-refractivity contribution in [2.45, 2.75) is 45.9 Å². The molecule has 0 saturated carbocycles. The number of nitrogens with one attached hydrogen (secondary N) is 1. The fraction of sp³-hybridized carbons (Fsp3) is 0.533. The maximum Gasteiger partial charge on any atom is 0.249 e. The number of rotatable bonds is 6. The van der Waals surface area contributed by atoms with Gasteiger partial charge in [0.25, 0.3) is 0 Å². The molecule has 0 aromatic heterocycles. The largest absolute Gasteiger partial charge is 0.491 e. The topological polar surface area (TPSA) is 47.6 Å². The minimum absolute atomic E-state index is 0.0826. The number of hydrogen-bond donors (Lipinski definition) is 1. The Bertz CT molecular complexity index is 418. The normalized spacial score (nSPS) is 14.0. The summed E-state index contributed by atoms with van der Waals surface area (Å²) in [6, 6.07) is 7.67. The van der Waals surface area contributed by atoms with E-state index in [0.29, 0.717) is 0 Å². The molecule has 0 aliphatic carbocycles. The first-order chi connectivity index (χ1) is 8.93. The van der Waals surface area contributed by atoms with Crippen molar-refractivity contribution in [2.75, 3.05) is 7.11 Å². The van der Waals surface area contributed by atoms with Crippen LogP contribution in [0.15, 0.2) is 24.3 Å². The minimum atomic E-state index is -0.447. The van der Waals surface area contributed by atoms with Gasteiger partial charge in [0.2, 0.25) is 5.91 Å². The van der Waals surface area contributed by atoms with Crippen LogP contribution in [0, 0.1) is 0 Å². The Kier molecular flexibility index (Phi) is 5.83. The van der Waals surface area contributed by atoms with Crippen molar-refractivity contribution in [1.29, 1.82) is 0 Å². The summed E-state index contributed by atoms with van der Waals surface area (Å²) in [5, 5.41) is 2.91. The van der Waals surface area contributed by atoms with Crippen LogP contribution in [-0.4, -0.2) is 25.2 Å². The van der Waals surface area contributed by atoms with Gasteiger partial charge in [-0.1, -0.05) is 12.1 Å². The second-order valence-electron chi connectivity index (χ2n) is 4.85. The van der Waals surface area contributed by atoms with Crippen LogP contribution in [0.2, 0.25) is 0 Å². The van der Waals surface area contributed by atoms with Gasteiger partial charge >= 0.3 is 0 Å². The van der Waals surface area contributed by atoms with Crippen LogP contribution in [-0.2, 0) is 9.53 Å². The zero-order valence-electron chi connectivity index (χ0n) is 12.3. The summed E-state index contributed by atoms with van der Waals surface area (Å²) >= 11 is 0. The molecular weight excluding hydrogens is 242 g/mol. The minimum Gasteiger partial charge on any atom is -0.491 e. The fourth-order valence-electron chi connectivity index (χ4n) is 1.65. The Labute approximate surface area is 115 Å². The van der Waals surface area contributed by atoms with Crippen molar-refractivity contribution in [1.82, 2.24) is 5.32 Å². The van der Waals surface area contributed by atoms with Gasteiger partial charge in [0, 0.05) is 7.11 Å². The lowest BCUT2D eigenvalue weighted by Crippen LogP contribution is -2.35. The lowest BCUT2D eigenvalue weighted by Gasteiger charge is -2.18. The molecule has 0 aliphatic heterocycles. The lowest BCUT2D eigenvalue weighted by atomic mass is 10.1. The van der Waals surface area contributed by atoms with Crippen molar-refractivity contribution in [3.8, 4) is 5.75 Å². The molecule has 2 unspecified atom stereocenters. The first-order valence-corrected chi connectivity index (χ1v) is 6.53. The van der Waals surface area contributed by atoms with Gasteiger partial charge in [-0.3, -0.25) is 4.79 Å². The van der Waals surface area contributed by atoms with Crippen molar-refractivity contribution < 1.29 is 14.3 Å². The summed E-state index contributed by atoms with van der Waals surface area (Å²) in [5.74, 6) is 0.693. The Morgan fingerprint density at radius 2 is 1.89 bits per heavy atom. The zero-order chi connectivity index (χ0) is 14.4. The van der Waals surface area contributed by atoms with E-state index >= 15 is 0 Å². The molecule has 1 aromatic carbocycles. The van der Waals surface area contributed by atoms with Crippen LogP contribution in [0.1, 0.15) is 39.3 Å². The highest BCUT2D eigenvalue weighted by Crippen LogP contribution is 2.20. The van der Waals surface area contributed by atoms with Gasteiger partial charge in [-0.2, -0.15) is 0 Å². The zero-order valence-corrected chi connectivity index (χ0v) is 12.3. The predicted molar refractivity (Wildman–Crippen MR) is 75.2 cm³/mol. The number of benzene rings is 1. The van der Waals surface area contributed by atoms with E-state index in [9.17, 15) is 4.79 Å². The van der Waals surface area contributed by atoms with E-state index in [4.69, 9.17) is 9.47 Å². The van der Waals surface area contributed by atoms with E-state index in [-0.39, 0.29) is 18.1 Å². The molecule has 0 radical (unpaired) electrons. The molecule has 4 heteroatoms. The maximum absolute atomic E-state index is 11.8. The second-order valence-corrected chi connectivity index (χ2v) is 4.85. The van der Waals surface area contributed by atoms with E-state index in [1.165, 1.54) is 7.11 Å². The Hall–Kier alpha value is -1.55. The lowest BCUT2D eigenvalue weighted by molar-refractivity contribution is -0.130. The van der Waals surface area contributed by atoms with Crippen LogP contribution in [0.3, 0.4) is 0 Å². The average molecular weight is 265 g/mol. The molecule has 0 fully saturated rings. The molecule has 19 heavy (non-hydrogen) atoms. The molecule has 2 atom stereocenters. The molecule has 1 aromatic rings. The number of carbonyl (C=O) groups is 1. The van der Waals surface area contributed by atoms with Crippen molar-refractivity contribution >= 4 is 5.91 Å². The molecule has 0 spiro atoms. The summed E-state index contributed by atoms with van der Waals surface area (Å²) in [6.07, 6.45) is -0.314. The number of methoxy groups -OCH3 is 1. The van der Waals surface area contributed by atoms with Gasteiger partial charge < -0.3 is 14.8 Å². The average Bonchev–Trinajstić information content (AvgIpc) is 2.37. The van der Waals surface area contributed by atoms with Gasteiger partial charge in [0.05, 0.1) is 12.1 Å². The highest BCUT2D eigenvalue weighted by Gasteiger charge is 2.15. The molecule has 0 heterocycles. The highest BCUT2D eigenvalue weighted by atomic mass is 16.5. The summed E-state index contributed by atoms with van der Waals surface area (Å²) in [5.41, 5.74) is 1.01. The monoisotopic (exact) mass is 265 g/mol. The maximum atomic E-state index is 11.8. The Morgan fingerprint density at radius 3 is 2.47 bits per heavy atom. The number of ether oxygens (including phenoxy) is 2. The molecule has 4 nitrogen and oxygen atoms in total. The van der Waals surface area contributed by atoms with Gasteiger partial charge in [0.15, 0.2) is 0 Å². The smallest absolute Gasteiger partial charge is 0.249 e. The van der Waals surface area contributed by atoms with Crippen LogP contribution in [0.4, 0.5) is 0 Å². The van der Waals surface area contributed by atoms with E-state index < -0.39 is 6.10 Å². The van der Waals surface area contributed by atoms with Crippen molar-refractivity contribution in [3.05, 3.63) is 29.8 Å². The Morgan fingerprint density at radius 1 is 1.21 bits per heavy atom. The third-order valence-electron chi connectivity index (χ3n) is 2.81. The van der Waals surface area contributed by atoms with Gasteiger partial charge in [-0.25, -0.2) is 0 Å². The van der Waals surface area contributed by atoms with E-state index in [1.807, 2.05) is 45.0 Å². The Balaban J connectivity index is 2.71. The number of amides is 1. The van der Waals surface area contributed by atoms with Crippen molar-refractivity contribution in [2.24, 2.45) is 0 Å². The van der Waals surface area contributed by atoms with Gasteiger partial charge in [-0.05, 0) is 45.4 Å². The van der Waals surface area contributed by atoms with Crippen molar-refractivity contribution in [3.63, 3.8) is 0 Å². The van der Waals surface area contributed by atoms with Crippen LogP contribution in [0.5, 0.6) is 5.75 Å². The fourth-order valence-corrected chi connectivity index (χ4v) is 1.65. The standard InChI is InChI=1S/C15H23NO3/c1-10(2)19-14-8-6-7-13(9-14)11(3)16-15(17)12(4)18-5/h6-12H,1-5H3,(H,16,17). The van der Waals surface area contributed by atoms with Crippen LogP contribution < -0.4 is 10.1 Å². The summed E-state index contributed by atoms with van der Waals surface area (Å²) in [4.78, 5) is 11.8. The molecule has 1 N–H and O–H groups in total. The summed E-state index contributed by atoms with van der Waals surface area (Å²) in [7, 11) is 1.52. The molecule has 0 bridgehead atoms. The first-order valence-electron chi connectivity index (χ1n) is 6.53. The van der Waals surface area contributed by atoms with E-state index in [2.05, 4.69) is 5.32 Å². The number of hydrogen-bond acceptors (Lipinski definition) is 3. The third-order valence-corrected chi connectivity index (χ3v) is 2.81. The number of carbonyl (C=O) groups excluding carboxylic acids is 1. The second kappa shape index (κ2) is 7.14. The van der Waals surface area contributed by atoms with Crippen LogP contribution >= 0.6 is 0 Å². The molecule has 1 rings (SSSR count). The molecule has 1 amide bonds. The molecule has 106 valence electrons. The quantitative estimate of drug-likeness (QED) is 0.860. The summed E-state index contributed by atoms with van der Waals surface area (Å²) < 4.78 is 10.6. The summed E-state index contributed by atoms with van der Waals surface area (Å²) in [6.45, 7) is 7.63. The van der Waals surface area contributed by atoms with E-state index in [1.54, 1.807) is 6.92 Å². The molecular formula is C15H23NO3. The predicted octanol–water partition coefficient (Wildman–Crippen LogP) is 2.69. The van der Waals surface area contributed by atoms with Gasteiger partial charge in [-0.15, -0.1) is 0 Å². The third kappa shape index (κ3) is 4.91. The highest BCUT2D eigenvalue weighted by molar-refractivity contribution is 5.80. The van der Waals surface area contributed by atoms with E-state index in [0.717, 1.165) is 11.3 Å². The first kappa shape index (κ1) is 15.5.